The third-order valence-electron chi connectivity index (χ3n) is 5.30. The average Bonchev–Trinajstić information content (AvgIpc) is 3.21. The van der Waals surface area contributed by atoms with Crippen molar-refractivity contribution in [2.75, 3.05) is 14.2 Å². The van der Waals surface area contributed by atoms with Crippen LogP contribution in [0.2, 0.25) is 0 Å². The molecular weight excluding hydrogens is 408 g/mol. The van der Waals surface area contributed by atoms with Crippen LogP contribution in [0, 0.1) is 0 Å². The summed E-state index contributed by atoms with van der Waals surface area (Å²) in [5.41, 5.74) is 4.32. The molecule has 2 aromatic heterocycles. The predicted molar refractivity (Wildman–Crippen MR) is 125 cm³/mol. The highest BCUT2D eigenvalue weighted by Crippen LogP contribution is 2.35. The summed E-state index contributed by atoms with van der Waals surface area (Å²) in [5.74, 6) is 2.89. The van der Waals surface area contributed by atoms with Crippen LogP contribution < -0.4 is 9.47 Å². The van der Waals surface area contributed by atoms with Crippen molar-refractivity contribution in [1.82, 2.24) is 19.6 Å². The molecule has 4 rings (SSSR count). The third kappa shape index (κ3) is 4.19. The van der Waals surface area contributed by atoms with Gasteiger partial charge < -0.3 is 9.47 Å². The monoisotopic (exact) mass is 436 g/mol. The van der Waals surface area contributed by atoms with E-state index in [1.54, 1.807) is 26.0 Å². The van der Waals surface area contributed by atoms with Crippen molar-refractivity contribution in [3.63, 3.8) is 0 Å². The number of methoxy groups -OCH3 is 2. The number of hydrogen-bond acceptors (Lipinski definition) is 6. The molecule has 0 spiro atoms. The number of aryl methyl sites for hydroxylation is 1. The highest BCUT2D eigenvalue weighted by molar-refractivity contribution is 7.98. The Morgan fingerprint density at radius 2 is 1.65 bits per heavy atom. The molecule has 162 valence electrons. The summed E-state index contributed by atoms with van der Waals surface area (Å²) in [6.07, 6.45) is 0.759. The first-order chi connectivity index (χ1) is 14.8. The van der Waals surface area contributed by atoms with Crippen LogP contribution in [-0.2, 0) is 17.6 Å². The van der Waals surface area contributed by atoms with Gasteiger partial charge in [0.2, 0.25) is 0 Å². The fraction of sp³-hybridized carbons (Fsp3) is 0.375. The summed E-state index contributed by atoms with van der Waals surface area (Å²) >= 11 is 1.66. The largest absolute Gasteiger partial charge is 0.493 e. The van der Waals surface area contributed by atoms with E-state index in [1.807, 2.05) is 16.6 Å². The first kappa shape index (κ1) is 21.4. The normalized spacial score (nSPS) is 11.9. The molecule has 0 aliphatic rings. The summed E-state index contributed by atoms with van der Waals surface area (Å²) in [5, 5.41) is 6.39. The molecule has 31 heavy (non-hydrogen) atoms. The summed E-state index contributed by atoms with van der Waals surface area (Å²) in [6.45, 7) is 8.74. The molecule has 7 heteroatoms. The quantitative estimate of drug-likeness (QED) is 0.296. The second-order valence-electron chi connectivity index (χ2n) is 8.47. The molecule has 2 aromatic carbocycles. The van der Waals surface area contributed by atoms with Crippen LogP contribution in [0.5, 0.6) is 11.5 Å². The van der Waals surface area contributed by atoms with Gasteiger partial charge in [-0.25, -0.2) is 9.97 Å². The number of thioether (sulfide) groups is 1. The first-order valence-corrected chi connectivity index (χ1v) is 11.4. The van der Waals surface area contributed by atoms with E-state index in [-0.39, 0.29) is 5.41 Å². The molecule has 0 amide bonds. The fourth-order valence-corrected chi connectivity index (χ4v) is 4.35. The van der Waals surface area contributed by atoms with Gasteiger partial charge in [-0.15, -0.1) is 5.10 Å². The van der Waals surface area contributed by atoms with Crippen LogP contribution in [0.15, 0.2) is 41.6 Å². The molecule has 6 nitrogen and oxygen atoms in total. The van der Waals surface area contributed by atoms with Gasteiger partial charge in [-0.05, 0) is 22.6 Å². The van der Waals surface area contributed by atoms with Crippen LogP contribution in [0.3, 0.4) is 0 Å². The Balaban J connectivity index is 1.74. The Kier molecular flexibility index (Phi) is 5.79. The molecular formula is C24H28N4O2S. The van der Waals surface area contributed by atoms with Crippen molar-refractivity contribution in [2.24, 2.45) is 0 Å². The van der Waals surface area contributed by atoms with Crippen molar-refractivity contribution in [2.45, 2.75) is 50.4 Å². The van der Waals surface area contributed by atoms with Gasteiger partial charge in [0, 0.05) is 23.6 Å². The first-order valence-electron chi connectivity index (χ1n) is 10.4. The molecule has 2 heterocycles. The van der Waals surface area contributed by atoms with Gasteiger partial charge >= 0.3 is 0 Å². The van der Waals surface area contributed by atoms with E-state index in [1.165, 1.54) is 11.1 Å². The second kappa shape index (κ2) is 8.38. The van der Waals surface area contributed by atoms with E-state index < -0.39 is 0 Å². The molecule has 4 aromatic rings. The standard InChI is InChI=1S/C24H28N4O2S/c1-7-21-26-22-17-12-19(29-5)20(30-6)13-18(17)25-23(28(22)27-21)31-14-15-8-10-16(11-9-15)24(2,3)4/h8-13H,7,14H2,1-6H3. The minimum atomic E-state index is 0.148. The maximum atomic E-state index is 5.48. The van der Waals surface area contributed by atoms with E-state index in [9.17, 15) is 0 Å². The summed E-state index contributed by atoms with van der Waals surface area (Å²) < 4.78 is 12.8. The number of hydrogen-bond donors (Lipinski definition) is 0. The minimum absolute atomic E-state index is 0.148. The fourth-order valence-electron chi connectivity index (χ4n) is 3.44. The zero-order valence-electron chi connectivity index (χ0n) is 18.9. The van der Waals surface area contributed by atoms with Crippen molar-refractivity contribution in [3.05, 3.63) is 53.3 Å². The molecule has 0 bridgehead atoms. The van der Waals surface area contributed by atoms with Gasteiger partial charge in [-0.3, -0.25) is 0 Å². The predicted octanol–water partition coefficient (Wildman–Crippen LogP) is 5.45. The summed E-state index contributed by atoms with van der Waals surface area (Å²) in [7, 11) is 3.26. The Labute approximate surface area is 187 Å². The number of nitrogens with zero attached hydrogens (tertiary/aromatic N) is 4. The molecule has 0 atom stereocenters. The minimum Gasteiger partial charge on any atom is -0.493 e. The van der Waals surface area contributed by atoms with Gasteiger partial charge in [-0.1, -0.05) is 63.7 Å². The lowest BCUT2D eigenvalue weighted by Gasteiger charge is -2.19. The van der Waals surface area contributed by atoms with E-state index in [4.69, 9.17) is 19.4 Å². The molecule has 0 fully saturated rings. The molecule has 0 aliphatic heterocycles. The lowest BCUT2D eigenvalue weighted by molar-refractivity contribution is 0.355. The van der Waals surface area contributed by atoms with E-state index in [2.05, 4.69) is 57.1 Å². The number of fused-ring (bicyclic) bond motifs is 3. The SMILES string of the molecule is CCc1nc2c3cc(OC)c(OC)cc3nc(SCc3ccc(C(C)(C)C)cc3)n2n1. The molecule has 0 saturated heterocycles. The lowest BCUT2D eigenvalue weighted by Crippen LogP contribution is -2.10. The van der Waals surface area contributed by atoms with E-state index >= 15 is 0 Å². The Morgan fingerprint density at radius 1 is 0.968 bits per heavy atom. The number of ether oxygens (including phenoxy) is 2. The Hall–Kier alpha value is -2.80. The van der Waals surface area contributed by atoms with Crippen molar-refractivity contribution >= 4 is 28.3 Å². The molecule has 0 unspecified atom stereocenters. The topological polar surface area (TPSA) is 61.5 Å². The maximum Gasteiger partial charge on any atom is 0.191 e. The highest BCUT2D eigenvalue weighted by atomic mass is 32.2. The van der Waals surface area contributed by atoms with Crippen LogP contribution >= 0.6 is 11.8 Å². The zero-order chi connectivity index (χ0) is 22.2. The summed E-state index contributed by atoms with van der Waals surface area (Å²) in [4.78, 5) is 9.64. The lowest BCUT2D eigenvalue weighted by atomic mass is 9.87. The Bertz CT molecular complexity index is 1230. The van der Waals surface area contributed by atoms with Crippen molar-refractivity contribution in [1.29, 1.82) is 0 Å². The van der Waals surface area contributed by atoms with Crippen LogP contribution in [0.1, 0.15) is 44.6 Å². The zero-order valence-corrected chi connectivity index (χ0v) is 19.7. The molecule has 0 N–H and O–H groups in total. The molecule has 0 aliphatic carbocycles. The molecule has 0 radical (unpaired) electrons. The van der Waals surface area contributed by atoms with Gasteiger partial charge in [0.05, 0.1) is 19.7 Å². The summed E-state index contributed by atoms with van der Waals surface area (Å²) in [6, 6.07) is 12.6. The van der Waals surface area contributed by atoms with Gasteiger partial charge in [0.25, 0.3) is 0 Å². The van der Waals surface area contributed by atoms with Crippen molar-refractivity contribution in [3.8, 4) is 11.5 Å². The smallest absolute Gasteiger partial charge is 0.191 e. The van der Waals surface area contributed by atoms with Gasteiger partial charge in [0.1, 0.15) is 0 Å². The Morgan fingerprint density at radius 3 is 2.26 bits per heavy atom. The van der Waals surface area contributed by atoms with Gasteiger partial charge in [0.15, 0.2) is 28.1 Å². The molecule has 0 saturated carbocycles. The van der Waals surface area contributed by atoms with Crippen LogP contribution in [0.4, 0.5) is 0 Å². The van der Waals surface area contributed by atoms with Crippen LogP contribution in [0.25, 0.3) is 16.6 Å². The maximum absolute atomic E-state index is 5.48. The van der Waals surface area contributed by atoms with Crippen molar-refractivity contribution < 1.29 is 9.47 Å². The number of benzene rings is 2. The third-order valence-corrected chi connectivity index (χ3v) is 6.30. The van der Waals surface area contributed by atoms with E-state index in [0.717, 1.165) is 39.7 Å². The number of aromatic nitrogens is 4. The van der Waals surface area contributed by atoms with Crippen LogP contribution in [-0.4, -0.2) is 33.8 Å². The number of rotatable bonds is 6. The second-order valence-corrected chi connectivity index (χ2v) is 9.41. The highest BCUT2D eigenvalue weighted by Gasteiger charge is 2.17. The average molecular weight is 437 g/mol. The van der Waals surface area contributed by atoms with Gasteiger partial charge in [-0.2, -0.15) is 4.52 Å². The van der Waals surface area contributed by atoms with E-state index in [0.29, 0.717) is 11.5 Å².